The fourth-order valence-electron chi connectivity index (χ4n) is 3.35. The number of hydrogen-bond donors (Lipinski definition) is 3. The maximum Gasteiger partial charge on any atom is 0.319 e. The van der Waals surface area contributed by atoms with Crippen LogP contribution in [0.25, 0.3) is 0 Å². The van der Waals surface area contributed by atoms with E-state index in [1.54, 1.807) is 36.7 Å². The number of carbonyl (C=O) groups excluding carboxylic acids is 2. The maximum atomic E-state index is 12.1. The molecular weight excluding hydrogens is 394 g/mol. The second kappa shape index (κ2) is 11.3. The van der Waals surface area contributed by atoms with E-state index in [9.17, 15) is 9.59 Å². The molecule has 2 aromatic rings. The highest BCUT2D eigenvalue weighted by molar-refractivity contribution is 5.92. The standard InChI is InChI=1S/C22H31N7O2/c1-17(2)16-20(30)26-18-4-6-19(7-5-18)27-22(31)25-10-11-28-12-14-29(15-13-28)21-23-8-3-9-24-21/h3-9,17H,10-16H2,1-2H3,(H,26,30)(H2,25,27,31). The Morgan fingerprint density at radius 2 is 1.58 bits per heavy atom. The summed E-state index contributed by atoms with van der Waals surface area (Å²) in [6, 6.07) is 8.68. The molecule has 1 aliphatic rings. The van der Waals surface area contributed by atoms with E-state index in [1.165, 1.54) is 0 Å². The van der Waals surface area contributed by atoms with Gasteiger partial charge in [-0.05, 0) is 36.2 Å². The number of hydrogen-bond acceptors (Lipinski definition) is 6. The van der Waals surface area contributed by atoms with E-state index >= 15 is 0 Å². The van der Waals surface area contributed by atoms with Crippen LogP contribution in [0, 0.1) is 5.92 Å². The molecular formula is C22H31N7O2. The number of carbonyl (C=O) groups is 2. The molecule has 2 heterocycles. The van der Waals surface area contributed by atoms with Gasteiger partial charge in [0.25, 0.3) is 0 Å². The quantitative estimate of drug-likeness (QED) is 0.600. The zero-order valence-electron chi connectivity index (χ0n) is 18.2. The zero-order valence-corrected chi connectivity index (χ0v) is 18.2. The topological polar surface area (TPSA) is 102 Å². The van der Waals surface area contributed by atoms with Crippen molar-refractivity contribution in [2.45, 2.75) is 20.3 Å². The highest BCUT2D eigenvalue weighted by atomic mass is 16.2. The fraction of sp³-hybridized carbons (Fsp3) is 0.455. The number of aromatic nitrogens is 2. The Balaban J connectivity index is 1.33. The molecule has 1 aliphatic heterocycles. The Morgan fingerprint density at radius 3 is 2.19 bits per heavy atom. The van der Waals surface area contributed by atoms with E-state index < -0.39 is 0 Å². The third-order valence-electron chi connectivity index (χ3n) is 4.94. The van der Waals surface area contributed by atoms with Gasteiger partial charge in [-0.2, -0.15) is 0 Å². The molecule has 0 saturated carbocycles. The molecule has 0 atom stereocenters. The van der Waals surface area contributed by atoms with Crippen molar-refractivity contribution < 1.29 is 9.59 Å². The van der Waals surface area contributed by atoms with Crippen LogP contribution in [0.4, 0.5) is 22.1 Å². The molecule has 0 radical (unpaired) electrons. The number of rotatable bonds is 8. The van der Waals surface area contributed by atoms with Crippen LogP contribution >= 0.6 is 0 Å². The summed E-state index contributed by atoms with van der Waals surface area (Å²) >= 11 is 0. The van der Waals surface area contributed by atoms with Gasteiger partial charge in [0.1, 0.15) is 0 Å². The van der Waals surface area contributed by atoms with E-state index in [0.717, 1.165) is 44.4 Å². The van der Waals surface area contributed by atoms with Gasteiger partial charge in [0.05, 0.1) is 0 Å². The lowest BCUT2D eigenvalue weighted by atomic mass is 10.1. The number of amides is 3. The molecule has 31 heavy (non-hydrogen) atoms. The number of anilines is 3. The normalized spacial score (nSPS) is 14.4. The fourth-order valence-corrected chi connectivity index (χ4v) is 3.35. The predicted octanol–water partition coefficient (Wildman–Crippen LogP) is 2.40. The van der Waals surface area contributed by atoms with Crippen molar-refractivity contribution in [1.82, 2.24) is 20.2 Å². The molecule has 0 aliphatic carbocycles. The Labute approximate surface area is 183 Å². The van der Waals surface area contributed by atoms with Gasteiger partial charge in [-0.25, -0.2) is 14.8 Å². The number of nitrogens with one attached hydrogen (secondary N) is 3. The lowest BCUT2D eigenvalue weighted by Crippen LogP contribution is -2.49. The van der Waals surface area contributed by atoms with Gasteiger partial charge in [-0.3, -0.25) is 9.69 Å². The summed E-state index contributed by atoms with van der Waals surface area (Å²) in [6.45, 7) is 8.92. The van der Waals surface area contributed by atoms with Crippen LogP contribution in [0.1, 0.15) is 20.3 Å². The van der Waals surface area contributed by atoms with Crippen LogP contribution in [0.15, 0.2) is 42.7 Å². The summed E-state index contributed by atoms with van der Waals surface area (Å²) in [4.78, 5) is 37.0. The van der Waals surface area contributed by atoms with Crippen LogP contribution < -0.4 is 20.9 Å². The molecule has 3 amide bonds. The highest BCUT2D eigenvalue weighted by Gasteiger charge is 2.18. The van der Waals surface area contributed by atoms with Crippen LogP contribution in [0.3, 0.4) is 0 Å². The molecule has 0 bridgehead atoms. The molecule has 166 valence electrons. The van der Waals surface area contributed by atoms with Crippen molar-refractivity contribution in [2.75, 3.05) is 54.8 Å². The molecule has 1 aromatic carbocycles. The van der Waals surface area contributed by atoms with Gasteiger partial charge in [-0.15, -0.1) is 0 Å². The first kappa shape index (κ1) is 22.5. The van der Waals surface area contributed by atoms with E-state index in [1.807, 2.05) is 19.9 Å². The molecule has 1 fully saturated rings. The average Bonchev–Trinajstić information content (AvgIpc) is 2.76. The van der Waals surface area contributed by atoms with E-state index in [2.05, 4.69) is 35.7 Å². The third kappa shape index (κ3) is 7.53. The van der Waals surface area contributed by atoms with Gasteiger partial charge >= 0.3 is 6.03 Å². The van der Waals surface area contributed by atoms with Crippen molar-refractivity contribution in [1.29, 1.82) is 0 Å². The molecule has 1 aromatic heterocycles. The summed E-state index contributed by atoms with van der Waals surface area (Å²) in [5, 5.41) is 8.56. The summed E-state index contributed by atoms with van der Waals surface area (Å²) in [7, 11) is 0. The Bertz CT molecular complexity index is 835. The summed E-state index contributed by atoms with van der Waals surface area (Å²) in [5.74, 6) is 1.07. The molecule has 3 N–H and O–H groups in total. The maximum absolute atomic E-state index is 12.1. The van der Waals surface area contributed by atoms with Crippen molar-refractivity contribution in [3.8, 4) is 0 Å². The van der Waals surface area contributed by atoms with Gasteiger partial charge in [-0.1, -0.05) is 13.8 Å². The molecule has 1 saturated heterocycles. The number of urea groups is 1. The van der Waals surface area contributed by atoms with Gasteiger partial charge < -0.3 is 20.9 Å². The summed E-state index contributed by atoms with van der Waals surface area (Å²) in [6.07, 6.45) is 4.00. The molecule has 9 heteroatoms. The highest BCUT2D eigenvalue weighted by Crippen LogP contribution is 2.14. The van der Waals surface area contributed by atoms with Crippen LogP contribution in [0.5, 0.6) is 0 Å². The zero-order chi connectivity index (χ0) is 22.1. The monoisotopic (exact) mass is 425 g/mol. The molecule has 0 unspecified atom stereocenters. The minimum atomic E-state index is -0.243. The van der Waals surface area contributed by atoms with Gasteiger partial charge in [0.2, 0.25) is 11.9 Å². The van der Waals surface area contributed by atoms with Gasteiger partial charge in [0, 0.05) is 69.5 Å². The molecule has 3 rings (SSSR count). The number of benzene rings is 1. The van der Waals surface area contributed by atoms with Crippen molar-refractivity contribution in [3.63, 3.8) is 0 Å². The van der Waals surface area contributed by atoms with Crippen LogP contribution in [-0.2, 0) is 4.79 Å². The Hall–Kier alpha value is -3.20. The Morgan fingerprint density at radius 1 is 0.968 bits per heavy atom. The largest absolute Gasteiger partial charge is 0.338 e. The number of piperazine rings is 1. The Kier molecular flexibility index (Phi) is 8.17. The first-order chi connectivity index (χ1) is 15.0. The summed E-state index contributed by atoms with van der Waals surface area (Å²) < 4.78 is 0. The van der Waals surface area contributed by atoms with Crippen LogP contribution in [-0.4, -0.2) is 66.1 Å². The minimum absolute atomic E-state index is 0.00872. The lowest BCUT2D eigenvalue weighted by molar-refractivity contribution is -0.116. The second-order valence-electron chi connectivity index (χ2n) is 7.98. The second-order valence-corrected chi connectivity index (χ2v) is 7.98. The van der Waals surface area contributed by atoms with Crippen LogP contribution in [0.2, 0.25) is 0 Å². The average molecular weight is 426 g/mol. The molecule has 9 nitrogen and oxygen atoms in total. The third-order valence-corrected chi connectivity index (χ3v) is 4.94. The van der Waals surface area contributed by atoms with Crippen molar-refractivity contribution >= 4 is 29.3 Å². The van der Waals surface area contributed by atoms with E-state index in [4.69, 9.17) is 0 Å². The van der Waals surface area contributed by atoms with Gasteiger partial charge in [0.15, 0.2) is 0 Å². The van der Waals surface area contributed by atoms with E-state index in [0.29, 0.717) is 24.6 Å². The first-order valence-corrected chi connectivity index (χ1v) is 10.7. The molecule has 0 spiro atoms. The smallest absolute Gasteiger partial charge is 0.319 e. The summed E-state index contributed by atoms with van der Waals surface area (Å²) in [5.41, 5.74) is 1.40. The first-order valence-electron chi connectivity index (χ1n) is 10.7. The minimum Gasteiger partial charge on any atom is -0.338 e. The van der Waals surface area contributed by atoms with Crippen molar-refractivity contribution in [2.24, 2.45) is 5.92 Å². The SMILES string of the molecule is CC(C)CC(=O)Nc1ccc(NC(=O)NCCN2CCN(c3ncccn3)CC2)cc1. The van der Waals surface area contributed by atoms with Crippen molar-refractivity contribution in [3.05, 3.63) is 42.7 Å². The number of nitrogens with zero attached hydrogens (tertiary/aromatic N) is 4. The van der Waals surface area contributed by atoms with E-state index in [-0.39, 0.29) is 11.9 Å². The lowest BCUT2D eigenvalue weighted by Gasteiger charge is -2.34. The predicted molar refractivity (Wildman–Crippen MR) is 122 cm³/mol.